The molecule has 126 valence electrons. The molecule has 0 unspecified atom stereocenters. The van der Waals surface area contributed by atoms with Crippen LogP contribution in [-0.4, -0.2) is 83.2 Å². The second kappa shape index (κ2) is 7.28. The highest BCUT2D eigenvalue weighted by molar-refractivity contribution is 5.82. The van der Waals surface area contributed by atoms with E-state index in [-0.39, 0.29) is 12.1 Å². The Bertz CT molecular complexity index is 382. The minimum atomic E-state index is -0.155. The summed E-state index contributed by atoms with van der Waals surface area (Å²) in [6, 6.07) is 0.462. The number of likely N-dealkylation sites (tertiary alicyclic amines) is 1. The Morgan fingerprint density at radius 1 is 1.05 bits per heavy atom. The summed E-state index contributed by atoms with van der Waals surface area (Å²) in [5.74, 6) is 0.345. The number of carbonyl (C=O) groups is 1. The minimum absolute atomic E-state index is 0.128. The van der Waals surface area contributed by atoms with Gasteiger partial charge < -0.3 is 10.0 Å². The molecule has 2 heterocycles. The highest BCUT2D eigenvalue weighted by atomic mass is 16.3. The number of rotatable bonds is 4. The van der Waals surface area contributed by atoms with E-state index in [0.717, 1.165) is 77.8 Å². The van der Waals surface area contributed by atoms with Crippen LogP contribution in [0.4, 0.5) is 0 Å². The molecule has 1 amide bonds. The first-order valence-corrected chi connectivity index (χ1v) is 9.15. The van der Waals surface area contributed by atoms with E-state index in [1.165, 1.54) is 0 Å². The molecule has 0 aromatic heterocycles. The van der Waals surface area contributed by atoms with Gasteiger partial charge in [0.25, 0.3) is 0 Å². The number of aliphatic hydroxyl groups excluding tert-OH is 1. The first-order valence-electron chi connectivity index (χ1n) is 9.15. The van der Waals surface area contributed by atoms with Crippen LogP contribution in [0.3, 0.4) is 0 Å². The third-order valence-electron chi connectivity index (χ3n) is 5.70. The van der Waals surface area contributed by atoms with E-state index in [2.05, 4.69) is 21.6 Å². The van der Waals surface area contributed by atoms with Crippen molar-refractivity contribution in [1.82, 2.24) is 14.7 Å². The lowest BCUT2D eigenvalue weighted by Gasteiger charge is -2.40. The average Bonchev–Trinajstić information content (AvgIpc) is 3.16. The molecule has 3 atom stereocenters. The van der Waals surface area contributed by atoms with Crippen molar-refractivity contribution in [2.75, 3.05) is 39.3 Å². The van der Waals surface area contributed by atoms with Gasteiger partial charge in [-0.05, 0) is 51.6 Å². The third kappa shape index (κ3) is 3.31. The lowest BCUT2D eigenvalue weighted by molar-refractivity contribution is -0.138. The Kier molecular flexibility index (Phi) is 5.37. The Morgan fingerprint density at radius 3 is 2.45 bits per heavy atom. The summed E-state index contributed by atoms with van der Waals surface area (Å²) in [7, 11) is 0. The van der Waals surface area contributed by atoms with Crippen LogP contribution in [0.2, 0.25) is 0 Å². The van der Waals surface area contributed by atoms with Gasteiger partial charge in [0.2, 0.25) is 5.91 Å². The van der Waals surface area contributed by atoms with Crippen molar-refractivity contribution in [3.63, 3.8) is 0 Å². The number of hydrogen-bond acceptors (Lipinski definition) is 4. The van der Waals surface area contributed by atoms with Gasteiger partial charge in [-0.1, -0.05) is 6.92 Å². The summed E-state index contributed by atoms with van der Waals surface area (Å²) >= 11 is 0. The maximum absolute atomic E-state index is 12.8. The average molecular weight is 309 g/mol. The van der Waals surface area contributed by atoms with Gasteiger partial charge in [-0.15, -0.1) is 0 Å². The molecule has 3 fully saturated rings. The molecule has 1 saturated carbocycles. The fraction of sp³-hybridized carbons (Fsp3) is 0.941. The molecule has 0 spiro atoms. The molecule has 0 aromatic rings. The maximum Gasteiger partial charge on any atom is 0.240 e. The van der Waals surface area contributed by atoms with Crippen molar-refractivity contribution < 1.29 is 9.90 Å². The van der Waals surface area contributed by atoms with Crippen LogP contribution < -0.4 is 0 Å². The van der Waals surface area contributed by atoms with Crippen LogP contribution in [0.25, 0.3) is 0 Å². The molecule has 0 aromatic carbocycles. The first-order chi connectivity index (χ1) is 10.7. The van der Waals surface area contributed by atoms with Gasteiger partial charge in [-0.3, -0.25) is 14.6 Å². The third-order valence-corrected chi connectivity index (χ3v) is 5.70. The molecular weight excluding hydrogens is 278 g/mol. The van der Waals surface area contributed by atoms with E-state index in [0.29, 0.717) is 11.9 Å². The Morgan fingerprint density at radius 2 is 1.82 bits per heavy atom. The van der Waals surface area contributed by atoms with Crippen LogP contribution in [0, 0.1) is 0 Å². The fourth-order valence-corrected chi connectivity index (χ4v) is 4.49. The number of aliphatic hydroxyl groups is 1. The first kappa shape index (κ1) is 16.2. The molecule has 0 radical (unpaired) electrons. The topological polar surface area (TPSA) is 47.0 Å². The zero-order valence-corrected chi connectivity index (χ0v) is 13.9. The Balaban J connectivity index is 1.51. The van der Waals surface area contributed by atoms with Crippen molar-refractivity contribution in [2.45, 2.75) is 63.6 Å². The molecule has 2 aliphatic heterocycles. The van der Waals surface area contributed by atoms with Gasteiger partial charge in [0.05, 0.1) is 12.1 Å². The lowest BCUT2D eigenvalue weighted by atomic mass is 10.1. The molecule has 3 aliphatic rings. The Labute approximate surface area is 134 Å². The van der Waals surface area contributed by atoms with E-state index in [4.69, 9.17) is 0 Å². The molecule has 2 saturated heterocycles. The van der Waals surface area contributed by atoms with Gasteiger partial charge in [0.1, 0.15) is 0 Å². The van der Waals surface area contributed by atoms with Gasteiger partial charge in [0.15, 0.2) is 0 Å². The van der Waals surface area contributed by atoms with E-state index >= 15 is 0 Å². The van der Waals surface area contributed by atoms with Crippen LogP contribution in [0.1, 0.15) is 45.4 Å². The quantitative estimate of drug-likeness (QED) is 0.839. The molecule has 1 N–H and O–H groups in total. The second-order valence-electron chi connectivity index (χ2n) is 7.12. The highest BCUT2D eigenvalue weighted by Crippen LogP contribution is 2.26. The van der Waals surface area contributed by atoms with Gasteiger partial charge in [0, 0.05) is 32.2 Å². The second-order valence-corrected chi connectivity index (χ2v) is 7.12. The number of piperazine rings is 1. The monoisotopic (exact) mass is 309 g/mol. The highest BCUT2D eigenvalue weighted by Gasteiger charge is 2.37. The van der Waals surface area contributed by atoms with Crippen molar-refractivity contribution >= 4 is 5.91 Å². The van der Waals surface area contributed by atoms with E-state index in [9.17, 15) is 9.90 Å². The molecule has 1 aliphatic carbocycles. The van der Waals surface area contributed by atoms with E-state index in [1.807, 2.05) is 0 Å². The van der Waals surface area contributed by atoms with Crippen molar-refractivity contribution in [2.24, 2.45) is 0 Å². The van der Waals surface area contributed by atoms with E-state index < -0.39 is 0 Å². The minimum Gasteiger partial charge on any atom is -0.391 e. The maximum atomic E-state index is 12.8. The van der Waals surface area contributed by atoms with Crippen LogP contribution >= 0.6 is 0 Å². The van der Waals surface area contributed by atoms with Crippen molar-refractivity contribution in [1.29, 1.82) is 0 Å². The number of carbonyl (C=O) groups excluding carboxylic acids is 1. The normalized spacial score (nSPS) is 34.5. The summed E-state index contributed by atoms with van der Waals surface area (Å²) in [5, 5.41) is 10.1. The summed E-state index contributed by atoms with van der Waals surface area (Å²) < 4.78 is 0. The van der Waals surface area contributed by atoms with Gasteiger partial charge >= 0.3 is 0 Å². The zero-order chi connectivity index (χ0) is 15.5. The van der Waals surface area contributed by atoms with Crippen LogP contribution in [-0.2, 0) is 4.79 Å². The SMILES string of the molecule is CCCN1CCC[C@@H]1C(=O)N1CCN([C@H]2CCC[C@@H]2O)CC1. The molecule has 5 heteroatoms. The summed E-state index contributed by atoms with van der Waals surface area (Å²) in [5.41, 5.74) is 0. The zero-order valence-electron chi connectivity index (χ0n) is 13.9. The van der Waals surface area contributed by atoms with Crippen molar-refractivity contribution in [3.8, 4) is 0 Å². The van der Waals surface area contributed by atoms with E-state index in [1.54, 1.807) is 0 Å². The van der Waals surface area contributed by atoms with Crippen molar-refractivity contribution in [3.05, 3.63) is 0 Å². The smallest absolute Gasteiger partial charge is 0.240 e. The summed E-state index contributed by atoms with van der Waals surface area (Å²) in [6.07, 6.45) is 6.35. The summed E-state index contributed by atoms with van der Waals surface area (Å²) in [4.78, 5) is 19.6. The Hall–Kier alpha value is -0.650. The molecular formula is C17H31N3O2. The predicted molar refractivity (Wildman–Crippen MR) is 86.7 cm³/mol. The molecule has 0 bridgehead atoms. The van der Waals surface area contributed by atoms with Crippen LogP contribution in [0.15, 0.2) is 0 Å². The largest absolute Gasteiger partial charge is 0.391 e. The molecule has 5 nitrogen and oxygen atoms in total. The number of hydrogen-bond donors (Lipinski definition) is 1. The molecule has 22 heavy (non-hydrogen) atoms. The number of amides is 1. The standard InChI is InChI=1S/C17H31N3O2/c1-2-8-18-9-4-6-15(18)17(22)20-12-10-19(11-13-20)14-5-3-7-16(14)21/h14-16,21H,2-13H2,1H3/t14-,15+,16-/m0/s1. The van der Waals surface area contributed by atoms with Gasteiger partial charge in [-0.25, -0.2) is 0 Å². The fourth-order valence-electron chi connectivity index (χ4n) is 4.49. The lowest BCUT2D eigenvalue weighted by Crippen LogP contribution is -2.56. The summed E-state index contributed by atoms with van der Waals surface area (Å²) in [6.45, 7) is 7.83. The molecule has 3 rings (SSSR count). The van der Waals surface area contributed by atoms with Crippen LogP contribution in [0.5, 0.6) is 0 Å². The number of nitrogens with zero attached hydrogens (tertiary/aromatic N) is 3. The van der Waals surface area contributed by atoms with Gasteiger partial charge in [-0.2, -0.15) is 0 Å². The predicted octanol–water partition coefficient (Wildman–Crippen LogP) is 0.918.